The summed E-state index contributed by atoms with van der Waals surface area (Å²) in [6, 6.07) is 0. The van der Waals surface area contributed by atoms with Crippen molar-refractivity contribution < 1.29 is 33.8 Å². The molecule has 7 nitrogen and oxygen atoms in total. The van der Waals surface area contributed by atoms with Crippen molar-refractivity contribution in [2.45, 2.75) is 53.1 Å². The van der Waals surface area contributed by atoms with Gasteiger partial charge in [-0.3, -0.25) is 14.4 Å². The maximum absolute atomic E-state index is 10.9. The standard InChI is InChI=1S/C8H12O5.C4H8O2/c1-4-7(10)12-5(2)8(11)13-6(3)9;1-2-3-4(5)6/h5H,4H2,1-3H3;2-3H2,1H3,(H,5,6). The third-order valence-electron chi connectivity index (χ3n) is 1.64. The summed E-state index contributed by atoms with van der Waals surface area (Å²) in [6.07, 6.45) is 0.170. The van der Waals surface area contributed by atoms with Crippen LogP contribution in [0.2, 0.25) is 0 Å². The van der Waals surface area contributed by atoms with E-state index in [4.69, 9.17) is 5.11 Å². The van der Waals surface area contributed by atoms with Gasteiger partial charge >= 0.3 is 23.9 Å². The molecule has 1 unspecified atom stereocenters. The van der Waals surface area contributed by atoms with Crippen molar-refractivity contribution >= 4 is 23.9 Å². The van der Waals surface area contributed by atoms with E-state index in [1.54, 1.807) is 6.92 Å². The maximum Gasteiger partial charge on any atom is 0.354 e. The second kappa shape index (κ2) is 11.2. The van der Waals surface area contributed by atoms with Crippen molar-refractivity contribution in [3.8, 4) is 0 Å². The number of hydrogen-bond donors (Lipinski definition) is 1. The highest BCUT2D eigenvalue weighted by molar-refractivity contribution is 5.87. The van der Waals surface area contributed by atoms with Crippen LogP contribution >= 0.6 is 0 Å². The van der Waals surface area contributed by atoms with E-state index in [1.165, 1.54) is 6.92 Å². The van der Waals surface area contributed by atoms with Crippen LogP contribution in [0.15, 0.2) is 0 Å². The van der Waals surface area contributed by atoms with E-state index in [2.05, 4.69) is 9.47 Å². The molecule has 0 aliphatic heterocycles. The first-order valence-corrected chi connectivity index (χ1v) is 5.88. The van der Waals surface area contributed by atoms with Crippen LogP contribution < -0.4 is 0 Å². The summed E-state index contributed by atoms with van der Waals surface area (Å²) in [5.74, 6) is -2.79. The molecule has 0 spiro atoms. The van der Waals surface area contributed by atoms with Gasteiger partial charge in [-0.25, -0.2) is 4.79 Å². The highest BCUT2D eigenvalue weighted by Gasteiger charge is 2.19. The van der Waals surface area contributed by atoms with Crippen LogP contribution in [0.4, 0.5) is 0 Å². The van der Waals surface area contributed by atoms with Gasteiger partial charge in [0.05, 0.1) is 0 Å². The van der Waals surface area contributed by atoms with Crippen molar-refractivity contribution in [3.63, 3.8) is 0 Å². The van der Waals surface area contributed by atoms with E-state index in [9.17, 15) is 19.2 Å². The lowest BCUT2D eigenvalue weighted by Gasteiger charge is -2.09. The number of carbonyl (C=O) groups excluding carboxylic acids is 3. The van der Waals surface area contributed by atoms with Crippen molar-refractivity contribution in [2.75, 3.05) is 0 Å². The molecule has 0 aromatic carbocycles. The summed E-state index contributed by atoms with van der Waals surface area (Å²) in [7, 11) is 0. The lowest BCUT2D eigenvalue weighted by Crippen LogP contribution is -2.27. The van der Waals surface area contributed by atoms with Crippen LogP contribution in [-0.2, 0) is 28.7 Å². The lowest BCUT2D eigenvalue weighted by atomic mass is 10.4. The Kier molecular flexibility index (Phi) is 11.4. The zero-order valence-corrected chi connectivity index (χ0v) is 11.6. The molecule has 0 heterocycles. The number of carboxylic acids is 1. The van der Waals surface area contributed by atoms with Crippen LogP contribution in [0.25, 0.3) is 0 Å². The van der Waals surface area contributed by atoms with Gasteiger partial charge in [-0.1, -0.05) is 13.8 Å². The Morgan fingerprint density at radius 2 is 1.68 bits per heavy atom. The number of esters is 3. The Morgan fingerprint density at radius 1 is 1.16 bits per heavy atom. The average Bonchev–Trinajstić information content (AvgIpc) is 2.28. The van der Waals surface area contributed by atoms with Crippen molar-refractivity contribution in [1.82, 2.24) is 0 Å². The van der Waals surface area contributed by atoms with E-state index in [-0.39, 0.29) is 6.42 Å². The molecule has 0 saturated heterocycles. The SMILES string of the molecule is CCC(=O)OC(C)C(=O)OC(C)=O.CCCC(=O)O. The van der Waals surface area contributed by atoms with Gasteiger partial charge in [-0.15, -0.1) is 0 Å². The fraction of sp³-hybridized carbons (Fsp3) is 0.667. The maximum atomic E-state index is 10.9. The average molecular weight is 276 g/mol. The van der Waals surface area contributed by atoms with Gasteiger partial charge in [0.1, 0.15) is 0 Å². The third-order valence-corrected chi connectivity index (χ3v) is 1.64. The van der Waals surface area contributed by atoms with Crippen LogP contribution in [0.5, 0.6) is 0 Å². The lowest BCUT2D eigenvalue weighted by molar-refractivity contribution is -0.172. The molecule has 0 fully saturated rings. The highest BCUT2D eigenvalue weighted by atomic mass is 16.6. The first-order valence-electron chi connectivity index (χ1n) is 5.88. The minimum absolute atomic E-state index is 0.178. The molecule has 110 valence electrons. The molecule has 0 radical (unpaired) electrons. The van der Waals surface area contributed by atoms with Gasteiger partial charge in [0.25, 0.3) is 0 Å². The van der Waals surface area contributed by atoms with Gasteiger partial charge in [0.2, 0.25) is 0 Å². The number of aliphatic carboxylic acids is 1. The summed E-state index contributed by atoms with van der Waals surface area (Å²) in [5, 5.41) is 7.91. The Labute approximate surface area is 111 Å². The fourth-order valence-electron chi connectivity index (χ4n) is 0.767. The largest absolute Gasteiger partial charge is 0.481 e. The van der Waals surface area contributed by atoms with Crippen LogP contribution in [0.3, 0.4) is 0 Å². The Hall–Kier alpha value is -1.92. The Morgan fingerprint density at radius 3 is 1.95 bits per heavy atom. The molecule has 0 aliphatic rings. The van der Waals surface area contributed by atoms with Crippen LogP contribution in [-0.4, -0.2) is 35.1 Å². The monoisotopic (exact) mass is 276 g/mol. The molecule has 0 saturated carbocycles. The topological polar surface area (TPSA) is 107 Å². The van der Waals surface area contributed by atoms with Crippen LogP contribution in [0.1, 0.15) is 47.0 Å². The molecule has 0 rings (SSSR count). The normalized spacial score (nSPS) is 10.5. The zero-order chi connectivity index (χ0) is 15.4. The fourth-order valence-corrected chi connectivity index (χ4v) is 0.767. The van der Waals surface area contributed by atoms with Crippen molar-refractivity contribution in [1.29, 1.82) is 0 Å². The highest BCUT2D eigenvalue weighted by Crippen LogP contribution is 1.97. The van der Waals surface area contributed by atoms with E-state index in [0.717, 1.165) is 13.3 Å². The number of carbonyl (C=O) groups is 4. The molecule has 1 N–H and O–H groups in total. The van der Waals surface area contributed by atoms with Crippen molar-refractivity contribution in [2.24, 2.45) is 0 Å². The first kappa shape index (κ1) is 19.4. The van der Waals surface area contributed by atoms with Gasteiger partial charge in [-0.2, -0.15) is 0 Å². The number of ether oxygens (including phenoxy) is 2. The second-order valence-corrected chi connectivity index (χ2v) is 3.54. The van der Waals surface area contributed by atoms with E-state index < -0.39 is 30.0 Å². The molecule has 7 heteroatoms. The van der Waals surface area contributed by atoms with E-state index in [1.807, 2.05) is 6.92 Å². The number of carboxylic acid groups (broad SMARTS) is 1. The predicted octanol–water partition coefficient (Wildman–Crippen LogP) is 1.29. The zero-order valence-electron chi connectivity index (χ0n) is 11.6. The van der Waals surface area contributed by atoms with Gasteiger partial charge in [0.15, 0.2) is 6.10 Å². The smallest absolute Gasteiger partial charge is 0.354 e. The molecule has 0 bridgehead atoms. The summed E-state index contributed by atoms with van der Waals surface area (Å²) in [4.78, 5) is 41.5. The van der Waals surface area contributed by atoms with Gasteiger partial charge < -0.3 is 14.6 Å². The predicted molar refractivity (Wildman–Crippen MR) is 65.2 cm³/mol. The van der Waals surface area contributed by atoms with Crippen LogP contribution in [0, 0.1) is 0 Å². The summed E-state index contributed by atoms with van der Waals surface area (Å²) >= 11 is 0. The van der Waals surface area contributed by atoms with E-state index >= 15 is 0 Å². The molecule has 0 aromatic rings. The molecule has 0 amide bonds. The molecular formula is C12H20O7. The Balaban J connectivity index is 0. The minimum atomic E-state index is -1.03. The van der Waals surface area contributed by atoms with Gasteiger partial charge in [-0.05, 0) is 13.3 Å². The summed E-state index contributed by atoms with van der Waals surface area (Å²) in [6.45, 7) is 5.89. The summed E-state index contributed by atoms with van der Waals surface area (Å²) < 4.78 is 8.80. The molecule has 0 aliphatic carbocycles. The summed E-state index contributed by atoms with van der Waals surface area (Å²) in [5.41, 5.74) is 0. The minimum Gasteiger partial charge on any atom is -0.481 e. The second-order valence-electron chi connectivity index (χ2n) is 3.54. The molecule has 0 aromatic heterocycles. The first-order chi connectivity index (χ1) is 8.74. The van der Waals surface area contributed by atoms with Gasteiger partial charge in [0, 0.05) is 19.8 Å². The Bertz CT molecular complexity index is 322. The number of rotatable bonds is 5. The quantitative estimate of drug-likeness (QED) is 0.595. The molecular weight excluding hydrogens is 256 g/mol. The molecule has 1 atom stereocenters. The molecule has 19 heavy (non-hydrogen) atoms. The van der Waals surface area contributed by atoms with E-state index in [0.29, 0.717) is 6.42 Å². The number of hydrogen-bond acceptors (Lipinski definition) is 6. The van der Waals surface area contributed by atoms with Crippen molar-refractivity contribution in [3.05, 3.63) is 0 Å². The third kappa shape index (κ3) is 14.0.